The number of ether oxygens (including phenoxy) is 1. The zero-order valence-corrected chi connectivity index (χ0v) is 8.98. The molecule has 1 aromatic rings. The molecule has 8 nitrogen and oxygen atoms in total. The summed E-state index contributed by atoms with van der Waals surface area (Å²) in [6.07, 6.45) is -0.289. The number of nitrogen functional groups attached to an aromatic ring is 1. The first-order valence-corrected chi connectivity index (χ1v) is 5.09. The van der Waals surface area contributed by atoms with E-state index in [9.17, 15) is 9.90 Å². The van der Waals surface area contributed by atoms with Crippen molar-refractivity contribution >= 4 is 11.7 Å². The van der Waals surface area contributed by atoms with Crippen LogP contribution >= 0.6 is 0 Å². The van der Waals surface area contributed by atoms with Crippen molar-refractivity contribution in [3.63, 3.8) is 0 Å². The molecule has 6 N–H and O–H groups in total. The molecule has 1 aromatic heterocycles. The number of aliphatic hydroxyl groups is 2. The fourth-order valence-corrected chi connectivity index (χ4v) is 1.95. The van der Waals surface area contributed by atoms with E-state index in [1.54, 1.807) is 0 Å². The number of aromatic nitrogens is 2. The average Bonchev–Trinajstić information content (AvgIpc) is 2.81. The number of carbonyl (C=O) groups excluding carboxylic acids is 1. The van der Waals surface area contributed by atoms with Gasteiger partial charge in [0.15, 0.2) is 11.5 Å². The molecule has 1 aliphatic heterocycles. The number of aliphatic hydroxyl groups excluding tert-OH is 2. The third-order valence-corrected chi connectivity index (χ3v) is 2.85. The van der Waals surface area contributed by atoms with Crippen LogP contribution in [0.3, 0.4) is 0 Å². The first kappa shape index (κ1) is 11.8. The molecule has 0 saturated carbocycles. The van der Waals surface area contributed by atoms with Crippen LogP contribution in [-0.4, -0.2) is 51.1 Å². The molecule has 0 bridgehead atoms. The monoisotopic (exact) mass is 242 g/mol. The molecule has 8 heteroatoms. The van der Waals surface area contributed by atoms with Gasteiger partial charge >= 0.3 is 0 Å². The lowest BCUT2D eigenvalue weighted by Crippen LogP contribution is -2.32. The average molecular weight is 242 g/mol. The predicted octanol–water partition coefficient (Wildman–Crippen LogP) is -2.14. The lowest BCUT2D eigenvalue weighted by atomic mass is 10.1. The molecule has 1 saturated heterocycles. The van der Waals surface area contributed by atoms with E-state index in [2.05, 4.69) is 4.98 Å². The summed E-state index contributed by atoms with van der Waals surface area (Å²) < 4.78 is 6.57. The van der Waals surface area contributed by atoms with Crippen molar-refractivity contribution in [1.29, 1.82) is 0 Å². The Labute approximate surface area is 96.8 Å². The molecule has 17 heavy (non-hydrogen) atoms. The van der Waals surface area contributed by atoms with Crippen molar-refractivity contribution < 1.29 is 19.7 Å². The third-order valence-electron chi connectivity index (χ3n) is 2.85. The van der Waals surface area contributed by atoms with Crippen molar-refractivity contribution in [1.82, 2.24) is 9.55 Å². The van der Waals surface area contributed by atoms with Gasteiger partial charge in [0, 0.05) is 0 Å². The van der Waals surface area contributed by atoms with Gasteiger partial charge in [0.2, 0.25) is 0 Å². The normalized spacial score (nSPS) is 28.5. The summed E-state index contributed by atoms with van der Waals surface area (Å²) >= 11 is 0. The first-order valence-electron chi connectivity index (χ1n) is 5.09. The van der Waals surface area contributed by atoms with Crippen LogP contribution in [0.2, 0.25) is 0 Å². The van der Waals surface area contributed by atoms with Crippen LogP contribution in [0.4, 0.5) is 5.82 Å². The summed E-state index contributed by atoms with van der Waals surface area (Å²) in [6.45, 7) is -0.143. The van der Waals surface area contributed by atoms with E-state index < -0.39 is 24.2 Å². The molecule has 2 rings (SSSR count). The maximum absolute atomic E-state index is 11.2. The first-order chi connectivity index (χ1) is 8.06. The molecule has 1 amide bonds. The number of amides is 1. The Bertz CT molecular complexity index is 433. The van der Waals surface area contributed by atoms with Crippen LogP contribution < -0.4 is 11.5 Å². The molecule has 1 fully saturated rings. The zero-order chi connectivity index (χ0) is 12.6. The largest absolute Gasteiger partial charge is 0.394 e. The van der Waals surface area contributed by atoms with Gasteiger partial charge < -0.3 is 31.0 Å². The minimum absolute atomic E-state index is 0.0112. The molecule has 94 valence electrons. The highest BCUT2D eigenvalue weighted by Gasteiger charge is 2.38. The van der Waals surface area contributed by atoms with E-state index in [1.165, 1.54) is 10.9 Å². The van der Waals surface area contributed by atoms with E-state index in [0.717, 1.165) is 0 Å². The quantitative estimate of drug-likeness (QED) is 0.477. The fourth-order valence-electron chi connectivity index (χ4n) is 1.95. The molecule has 0 aromatic carbocycles. The molecular weight excluding hydrogens is 228 g/mol. The van der Waals surface area contributed by atoms with Gasteiger partial charge in [-0.3, -0.25) is 4.79 Å². The Morgan fingerprint density at radius 1 is 1.71 bits per heavy atom. The summed E-state index contributed by atoms with van der Waals surface area (Å²) in [4.78, 5) is 15.0. The van der Waals surface area contributed by atoms with Crippen molar-refractivity contribution in [3.05, 3.63) is 12.0 Å². The highest BCUT2D eigenvalue weighted by Crippen LogP contribution is 2.27. The number of rotatable bonds is 3. The van der Waals surface area contributed by atoms with Crippen LogP contribution in [0.25, 0.3) is 0 Å². The Kier molecular flexibility index (Phi) is 3.01. The van der Waals surface area contributed by atoms with E-state index in [-0.39, 0.29) is 24.7 Å². The number of nitrogens with two attached hydrogens (primary N) is 2. The number of anilines is 1. The Morgan fingerprint density at radius 2 is 2.41 bits per heavy atom. The Balaban J connectivity index is 2.32. The minimum atomic E-state index is -0.938. The van der Waals surface area contributed by atoms with Crippen LogP contribution in [-0.2, 0) is 4.74 Å². The van der Waals surface area contributed by atoms with Crippen LogP contribution in [0.15, 0.2) is 6.33 Å². The van der Waals surface area contributed by atoms with Crippen molar-refractivity contribution in [2.24, 2.45) is 5.73 Å². The van der Waals surface area contributed by atoms with Gasteiger partial charge in [-0.05, 0) is 0 Å². The van der Waals surface area contributed by atoms with Gasteiger partial charge in [-0.1, -0.05) is 0 Å². The molecule has 3 unspecified atom stereocenters. The van der Waals surface area contributed by atoms with Crippen molar-refractivity contribution in [3.8, 4) is 0 Å². The Morgan fingerprint density at radius 3 is 2.94 bits per heavy atom. The second-order valence-electron chi connectivity index (χ2n) is 3.86. The van der Waals surface area contributed by atoms with E-state index in [0.29, 0.717) is 0 Å². The van der Waals surface area contributed by atoms with Gasteiger partial charge in [0.25, 0.3) is 5.91 Å². The minimum Gasteiger partial charge on any atom is -0.394 e. The Hall–Kier alpha value is -1.64. The number of primary amides is 1. The van der Waals surface area contributed by atoms with E-state index >= 15 is 0 Å². The molecule has 0 spiro atoms. The number of carbonyl (C=O) groups is 1. The third kappa shape index (κ3) is 1.86. The van der Waals surface area contributed by atoms with Crippen LogP contribution in [0.1, 0.15) is 16.5 Å². The van der Waals surface area contributed by atoms with Gasteiger partial charge in [0.05, 0.1) is 25.6 Å². The van der Waals surface area contributed by atoms with Crippen molar-refractivity contribution in [2.45, 2.75) is 18.2 Å². The molecule has 3 atom stereocenters. The van der Waals surface area contributed by atoms with E-state index in [4.69, 9.17) is 21.3 Å². The van der Waals surface area contributed by atoms with Gasteiger partial charge in [0.1, 0.15) is 12.2 Å². The highest BCUT2D eigenvalue weighted by molar-refractivity contribution is 5.95. The molecular formula is C9H14N4O4. The number of nitrogens with zero attached hydrogens (tertiary/aromatic N) is 2. The molecule has 0 aliphatic carbocycles. The van der Waals surface area contributed by atoms with Gasteiger partial charge in [-0.15, -0.1) is 0 Å². The summed E-state index contributed by atoms with van der Waals surface area (Å²) in [7, 11) is 0. The zero-order valence-electron chi connectivity index (χ0n) is 8.98. The second-order valence-corrected chi connectivity index (χ2v) is 3.86. The fraction of sp³-hybridized carbons (Fsp3) is 0.556. The standard InChI is InChI=1S/C9H14N4O4/c10-8-6(9(11)16)13(3-12-8)4-2-17-5(1-14)7(4)15/h3-5,7,14-15H,1-2,10H2,(H2,11,16). The smallest absolute Gasteiger partial charge is 0.269 e. The number of hydrogen-bond acceptors (Lipinski definition) is 6. The van der Waals surface area contributed by atoms with Gasteiger partial charge in [-0.2, -0.15) is 0 Å². The van der Waals surface area contributed by atoms with Gasteiger partial charge in [-0.25, -0.2) is 4.98 Å². The van der Waals surface area contributed by atoms with Crippen LogP contribution in [0, 0.1) is 0 Å². The lowest BCUT2D eigenvalue weighted by molar-refractivity contribution is 0.00196. The SMILES string of the molecule is NC(=O)c1c(N)ncn1C1COC(CO)C1O. The summed E-state index contributed by atoms with van der Waals surface area (Å²) in [5, 5.41) is 18.8. The highest BCUT2D eigenvalue weighted by atomic mass is 16.5. The lowest BCUT2D eigenvalue weighted by Gasteiger charge is -2.18. The molecule has 1 aliphatic rings. The maximum atomic E-state index is 11.2. The number of hydrogen-bond donors (Lipinski definition) is 4. The number of imidazole rings is 1. The van der Waals surface area contributed by atoms with Crippen molar-refractivity contribution in [2.75, 3.05) is 18.9 Å². The predicted molar refractivity (Wildman–Crippen MR) is 57.0 cm³/mol. The maximum Gasteiger partial charge on any atom is 0.269 e. The summed E-state index contributed by atoms with van der Waals surface area (Å²) in [6, 6.07) is -0.528. The molecule has 0 radical (unpaired) electrons. The second kappa shape index (κ2) is 4.32. The van der Waals surface area contributed by atoms with Crippen LogP contribution in [0.5, 0.6) is 0 Å². The summed E-state index contributed by atoms with van der Waals surface area (Å²) in [5.41, 5.74) is 10.7. The topological polar surface area (TPSA) is 137 Å². The van der Waals surface area contributed by atoms with E-state index in [1.807, 2.05) is 0 Å². The molecule has 2 heterocycles. The summed E-state index contributed by atoms with van der Waals surface area (Å²) in [5.74, 6) is -0.711.